The smallest absolute Gasteiger partial charge is 0.356 e. The zero-order chi connectivity index (χ0) is 25.1. The normalized spacial score (nSPS) is 11.1. The maximum Gasteiger partial charge on any atom is 0.356 e. The van der Waals surface area contributed by atoms with Crippen LogP contribution in [0, 0.1) is 0 Å². The summed E-state index contributed by atoms with van der Waals surface area (Å²) in [7, 11) is 3.22. The predicted molar refractivity (Wildman–Crippen MR) is 140 cm³/mol. The van der Waals surface area contributed by atoms with E-state index in [2.05, 4.69) is 8.75 Å². The lowest BCUT2D eigenvalue weighted by Crippen LogP contribution is -2.16. The van der Waals surface area contributed by atoms with Crippen molar-refractivity contribution in [3.8, 4) is 22.1 Å². The molecule has 184 valence electrons. The Bertz CT molecular complexity index is 1510. The number of rotatable bonds is 9. The number of methoxy groups -OCH3 is 2. The number of carbonyl (C=O) groups excluding carboxylic acids is 1. The molecule has 0 atom stereocenters. The molecule has 0 fully saturated rings. The van der Waals surface area contributed by atoms with E-state index in [4.69, 9.17) is 19.3 Å². The van der Waals surface area contributed by atoms with E-state index in [0.29, 0.717) is 30.2 Å². The molecule has 0 N–H and O–H groups in total. The number of hydrogen-bond acceptors (Lipinski definition) is 9. The van der Waals surface area contributed by atoms with Gasteiger partial charge in [-0.2, -0.15) is 13.8 Å². The molecule has 10 heteroatoms. The number of thiophene rings is 1. The molecule has 36 heavy (non-hydrogen) atoms. The summed E-state index contributed by atoms with van der Waals surface area (Å²) in [5, 5.41) is 6.93. The summed E-state index contributed by atoms with van der Waals surface area (Å²) in [6, 6.07) is 15.6. The maximum atomic E-state index is 13.3. The Labute approximate surface area is 216 Å². The molecule has 3 aromatic heterocycles. The van der Waals surface area contributed by atoms with Crippen molar-refractivity contribution < 1.29 is 19.0 Å². The zero-order valence-electron chi connectivity index (χ0n) is 20.1. The molecule has 0 amide bonds. The van der Waals surface area contributed by atoms with Gasteiger partial charge >= 0.3 is 5.97 Å². The topological polar surface area (TPSA) is 88.4 Å². The second kappa shape index (κ2) is 10.5. The zero-order valence-corrected chi connectivity index (χ0v) is 21.7. The molecule has 3 heterocycles. The van der Waals surface area contributed by atoms with Crippen LogP contribution in [-0.2, 0) is 17.7 Å². The summed E-state index contributed by atoms with van der Waals surface area (Å²) < 4.78 is 26.8. The second-order valence-corrected chi connectivity index (χ2v) is 9.45. The first-order valence-corrected chi connectivity index (χ1v) is 12.9. The van der Waals surface area contributed by atoms with E-state index in [1.165, 1.54) is 11.7 Å². The fourth-order valence-corrected chi connectivity index (χ4v) is 5.36. The van der Waals surface area contributed by atoms with Crippen molar-refractivity contribution in [2.24, 2.45) is 0 Å². The lowest BCUT2D eigenvalue weighted by molar-refractivity contribution is 0.0511. The number of aromatic nitrogens is 4. The molecule has 0 aliphatic rings. The minimum Gasteiger partial charge on any atom is -0.497 e. The Morgan fingerprint density at radius 2 is 1.89 bits per heavy atom. The van der Waals surface area contributed by atoms with E-state index in [1.807, 2.05) is 53.9 Å². The molecule has 0 saturated heterocycles. The van der Waals surface area contributed by atoms with Crippen molar-refractivity contribution in [2.75, 3.05) is 20.8 Å². The van der Waals surface area contributed by atoms with Crippen molar-refractivity contribution in [3.63, 3.8) is 0 Å². The molecule has 0 spiro atoms. The molecule has 0 bridgehead atoms. The average Bonchev–Trinajstić information content (AvgIpc) is 3.64. The van der Waals surface area contributed by atoms with Gasteiger partial charge in [0.1, 0.15) is 28.2 Å². The molecule has 2 aromatic carbocycles. The van der Waals surface area contributed by atoms with Gasteiger partial charge in [-0.3, -0.25) is 4.68 Å². The molecule has 0 aliphatic carbocycles. The molecular weight excluding hydrogens is 496 g/mol. The van der Waals surface area contributed by atoms with Gasteiger partial charge in [0, 0.05) is 23.6 Å². The van der Waals surface area contributed by atoms with Gasteiger partial charge in [0.25, 0.3) is 0 Å². The highest BCUT2D eigenvalue weighted by Gasteiger charge is 2.27. The summed E-state index contributed by atoms with van der Waals surface area (Å²) in [6.07, 6.45) is 0.495. The largest absolute Gasteiger partial charge is 0.497 e. The lowest BCUT2D eigenvalue weighted by Gasteiger charge is -2.13. The number of esters is 1. The Kier molecular flexibility index (Phi) is 6.97. The quantitative estimate of drug-likeness (QED) is 0.239. The van der Waals surface area contributed by atoms with Crippen molar-refractivity contribution in [2.45, 2.75) is 19.9 Å². The third-order valence-electron chi connectivity index (χ3n) is 5.79. The number of hydrogen-bond donors (Lipinski definition) is 0. The number of ether oxygens (including phenoxy) is 3. The first-order valence-electron chi connectivity index (χ1n) is 11.3. The van der Waals surface area contributed by atoms with Gasteiger partial charge in [0.2, 0.25) is 0 Å². The van der Waals surface area contributed by atoms with E-state index < -0.39 is 5.97 Å². The summed E-state index contributed by atoms with van der Waals surface area (Å²) in [5.41, 5.74) is 5.57. The fourth-order valence-electron chi connectivity index (χ4n) is 4.11. The molecule has 0 saturated carbocycles. The van der Waals surface area contributed by atoms with Crippen LogP contribution in [0.3, 0.4) is 0 Å². The van der Waals surface area contributed by atoms with Crippen LogP contribution in [0.2, 0.25) is 0 Å². The SMILES string of the molecule is CCOC(=O)c1c(Cc2ccc3nsnc3c2)c(-c2cccs2)nn1Cc1ccc(OC)cc1OC. The molecule has 8 nitrogen and oxygen atoms in total. The second-order valence-electron chi connectivity index (χ2n) is 7.97. The van der Waals surface area contributed by atoms with E-state index in [0.717, 1.165) is 38.3 Å². The maximum absolute atomic E-state index is 13.3. The molecule has 0 aliphatic heterocycles. The summed E-state index contributed by atoms with van der Waals surface area (Å²) in [5.74, 6) is 0.931. The van der Waals surface area contributed by atoms with Gasteiger partial charge in [0.05, 0.1) is 44.0 Å². The van der Waals surface area contributed by atoms with Crippen LogP contribution in [-0.4, -0.2) is 45.3 Å². The first kappa shape index (κ1) is 24.0. The third kappa shape index (κ3) is 4.69. The van der Waals surface area contributed by atoms with Crippen LogP contribution >= 0.6 is 23.1 Å². The molecular formula is C26H24N4O4S2. The predicted octanol–water partition coefficient (Wildman–Crippen LogP) is 5.45. The Morgan fingerprint density at radius 3 is 2.64 bits per heavy atom. The molecule has 5 aromatic rings. The van der Waals surface area contributed by atoms with Gasteiger partial charge in [-0.1, -0.05) is 12.1 Å². The highest BCUT2D eigenvalue weighted by molar-refractivity contribution is 7.13. The standard InChI is InChI=1S/C26H24N4O4S2/c1-4-34-26(31)25-19(12-16-7-10-20-21(13-16)29-36-28-20)24(23-6-5-11-35-23)27-30(25)15-17-8-9-18(32-2)14-22(17)33-3/h5-11,13-14H,4,12,15H2,1-3H3. The summed E-state index contributed by atoms with van der Waals surface area (Å²) in [4.78, 5) is 14.3. The van der Waals surface area contributed by atoms with E-state index in [-0.39, 0.29) is 6.61 Å². The minimum atomic E-state index is -0.410. The number of carbonyl (C=O) groups is 1. The van der Waals surface area contributed by atoms with Crippen molar-refractivity contribution in [1.29, 1.82) is 0 Å². The Hall–Kier alpha value is -3.76. The molecule has 0 radical (unpaired) electrons. The van der Waals surface area contributed by atoms with E-state index in [1.54, 1.807) is 37.2 Å². The van der Waals surface area contributed by atoms with E-state index >= 15 is 0 Å². The first-order chi connectivity index (χ1) is 17.6. The Balaban J connectivity index is 1.64. The Morgan fingerprint density at radius 1 is 1.03 bits per heavy atom. The highest BCUT2D eigenvalue weighted by atomic mass is 32.1. The fraction of sp³-hybridized carbons (Fsp3) is 0.231. The summed E-state index contributed by atoms with van der Waals surface area (Å²) >= 11 is 2.77. The van der Waals surface area contributed by atoms with Gasteiger partial charge in [-0.05, 0) is 48.2 Å². The number of benzene rings is 2. The monoisotopic (exact) mass is 520 g/mol. The van der Waals surface area contributed by atoms with Crippen LogP contribution < -0.4 is 9.47 Å². The average molecular weight is 521 g/mol. The van der Waals surface area contributed by atoms with Crippen LogP contribution in [0.4, 0.5) is 0 Å². The third-order valence-corrected chi connectivity index (χ3v) is 7.22. The highest BCUT2D eigenvalue weighted by Crippen LogP contribution is 2.33. The van der Waals surface area contributed by atoms with Crippen molar-refractivity contribution in [3.05, 3.63) is 76.3 Å². The molecule has 5 rings (SSSR count). The van der Waals surface area contributed by atoms with Crippen molar-refractivity contribution >= 4 is 40.1 Å². The van der Waals surface area contributed by atoms with Gasteiger partial charge in [-0.15, -0.1) is 11.3 Å². The van der Waals surface area contributed by atoms with Crippen LogP contribution in [0.25, 0.3) is 21.6 Å². The van der Waals surface area contributed by atoms with Crippen molar-refractivity contribution in [1.82, 2.24) is 18.5 Å². The van der Waals surface area contributed by atoms with Gasteiger partial charge < -0.3 is 14.2 Å². The number of fused-ring (bicyclic) bond motifs is 1. The minimum absolute atomic E-state index is 0.264. The summed E-state index contributed by atoms with van der Waals surface area (Å²) in [6.45, 7) is 2.39. The van der Waals surface area contributed by atoms with Crippen LogP contribution in [0.1, 0.15) is 34.1 Å². The lowest BCUT2D eigenvalue weighted by atomic mass is 10.0. The van der Waals surface area contributed by atoms with Crippen LogP contribution in [0.15, 0.2) is 53.9 Å². The number of nitrogens with zero attached hydrogens (tertiary/aromatic N) is 4. The van der Waals surface area contributed by atoms with Gasteiger partial charge in [-0.25, -0.2) is 4.79 Å². The van der Waals surface area contributed by atoms with Gasteiger partial charge in [0.15, 0.2) is 5.69 Å². The van der Waals surface area contributed by atoms with Crippen LogP contribution in [0.5, 0.6) is 11.5 Å². The van der Waals surface area contributed by atoms with E-state index in [9.17, 15) is 4.79 Å². The molecule has 0 unspecified atom stereocenters.